The Labute approximate surface area is 100 Å². The topological polar surface area (TPSA) is 59.8 Å². The highest BCUT2D eigenvalue weighted by Gasteiger charge is 2.18. The van der Waals surface area contributed by atoms with E-state index in [1.165, 1.54) is 11.2 Å². The van der Waals surface area contributed by atoms with E-state index in [1.54, 1.807) is 27.0 Å². The molecule has 1 aromatic heterocycles. The SMILES string of the molecule is CCOC(=O)CCN(C)C(=O)c1occc1C. The zero-order valence-electron chi connectivity index (χ0n) is 10.4. The van der Waals surface area contributed by atoms with Crippen molar-refractivity contribution in [2.75, 3.05) is 20.2 Å². The number of nitrogens with zero attached hydrogens (tertiary/aromatic N) is 1. The number of ether oxygens (including phenoxy) is 1. The van der Waals surface area contributed by atoms with Crippen LogP contribution in [0.2, 0.25) is 0 Å². The number of carbonyl (C=O) groups is 2. The smallest absolute Gasteiger partial charge is 0.307 e. The Hall–Kier alpha value is -1.78. The highest BCUT2D eigenvalue weighted by molar-refractivity contribution is 5.92. The first-order valence-electron chi connectivity index (χ1n) is 5.51. The van der Waals surface area contributed by atoms with E-state index in [0.29, 0.717) is 18.9 Å². The Kier molecular flexibility index (Phi) is 4.75. The van der Waals surface area contributed by atoms with Crippen molar-refractivity contribution in [1.29, 1.82) is 0 Å². The van der Waals surface area contributed by atoms with Crippen LogP contribution in [-0.4, -0.2) is 37.0 Å². The lowest BCUT2D eigenvalue weighted by molar-refractivity contribution is -0.143. The molecule has 0 aromatic carbocycles. The first-order valence-corrected chi connectivity index (χ1v) is 5.51. The van der Waals surface area contributed by atoms with Crippen molar-refractivity contribution in [3.8, 4) is 0 Å². The molecule has 1 aromatic rings. The van der Waals surface area contributed by atoms with Crippen molar-refractivity contribution in [1.82, 2.24) is 4.90 Å². The number of aryl methyl sites for hydroxylation is 1. The van der Waals surface area contributed by atoms with Gasteiger partial charge in [-0.15, -0.1) is 0 Å². The predicted octanol–water partition coefficient (Wildman–Crippen LogP) is 1.61. The summed E-state index contributed by atoms with van der Waals surface area (Å²) in [7, 11) is 1.63. The van der Waals surface area contributed by atoms with Gasteiger partial charge in [0, 0.05) is 19.2 Å². The van der Waals surface area contributed by atoms with Crippen LogP contribution >= 0.6 is 0 Å². The molecule has 0 aliphatic heterocycles. The minimum Gasteiger partial charge on any atom is -0.466 e. The lowest BCUT2D eigenvalue weighted by Crippen LogP contribution is -2.29. The Morgan fingerprint density at radius 2 is 2.18 bits per heavy atom. The molecule has 0 saturated heterocycles. The Morgan fingerprint density at radius 1 is 1.47 bits per heavy atom. The lowest BCUT2D eigenvalue weighted by Gasteiger charge is -2.15. The van der Waals surface area contributed by atoms with Gasteiger partial charge in [0.1, 0.15) is 0 Å². The van der Waals surface area contributed by atoms with E-state index in [1.807, 2.05) is 0 Å². The fraction of sp³-hybridized carbons (Fsp3) is 0.500. The van der Waals surface area contributed by atoms with E-state index in [0.717, 1.165) is 5.56 Å². The van der Waals surface area contributed by atoms with Gasteiger partial charge in [0.15, 0.2) is 5.76 Å². The van der Waals surface area contributed by atoms with Crippen molar-refractivity contribution >= 4 is 11.9 Å². The molecule has 5 heteroatoms. The Balaban J connectivity index is 2.48. The second-order valence-electron chi connectivity index (χ2n) is 3.71. The van der Waals surface area contributed by atoms with Crippen LogP contribution < -0.4 is 0 Å². The van der Waals surface area contributed by atoms with Crippen molar-refractivity contribution in [3.05, 3.63) is 23.7 Å². The third kappa shape index (κ3) is 3.62. The van der Waals surface area contributed by atoms with Crippen molar-refractivity contribution in [3.63, 3.8) is 0 Å². The second kappa shape index (κ2) is 6.08. The van der Waals surface area contributed by atoms with Crippen LogP contribution in [0.25, 0.3) is 0 Å². The van der Waals surface area contributed by atoms with Crippen LogP contribution in [0.15, 0.2) is 16.7 Å². The number of esters is 1. The third-order valence-corrected chi connectivity index (χ3v) is 2.36. The molecule has 94 valence electrons. The summed E-state index contributed by atoms with van der Waals surface area (Å²) in [5, 5.41) is 0. The summed E-state index contributed by atoms with van der Waals surface area (Å²) in [6.45, 7) is 4.22. The molecule has 0 aliphatic rings. The maximum atomic E-state index is 11.9. The summed E-state index contributed by atoms with van der Waals surface area (Å²) in [6, 6.07) is 1.73. The van der Waals surface area contributed by atoms with Crippen LogP contribution in [0.5, 0.6) is 0 Å². The minimum atomic E-state index is -0.302. The van der Waals surface area contributed by atoms with Gasteiger partial charge in [-0.05, 0) is 19.9 Å². The highest BCUT2D eigenvalue weighted by atomic mass is 16.5. The summed E-state index contributed by atoms with van der Waals surface area (Å²) in [5.41, 5.74) is 0.790. The molecule has 5 nitrogen and oxygen atoms in total. The number of rotatable bonds is 5. The molecule has 0 radical (unpaired) electrons. The highest BCUT2D eigenvalue weighted by Crippen LogP contribution is 2.11. The third-order valence-electron chi connectivity index (χ3n) is 2.36. The molecular formula is C12H17NO4. The molecule has 0 aliphatic carbocycles. The first kappa shape index (κ1) is 13.3. The molecule has 0 unspecified atom stereocenters. The maximum Gasteiger partial charge on any atom is 0.307 e. The normalized spacial score (nSPS) is 10.1. The molecule has 1 amide bonds. The Bertz CT molecular complexity index is 397. The minimum absolute atomic E-state index is 0.190. The van der Waals surface area contributed by atoms with Crippen molar-refractivity contribution in [2.24, 2.45) is 0 Å². The van der Waals surface area contributed by atoms with Gasteiger partial charge in [-0.3, -0.25) is 9.59 Å². The molecule has 1 heterocycles. The van der Waals surface area contributed by atoms with Crippen LogP contribution in [0.3, 0.4) is 0 Å². The van der Waals surface area contributed by atoms with Crippen LogP contribution in [0.1, 0.15) is 29.5 Å². The number of amides is 1. The quantitative estimate of drug-likeness (QED) is 0.732. The average molecular weight is 239 g/mol. The van der Waals surface area contributed by atoms with Gasteiger partial charge in [-0.25, -0.2) is 0 Å². The molecule has 0 bridgehead atoms. The van der Waals surface area contributed by atoms with E-state index in [9.17, 15) is 9.59 Å². The van der Waals surface area contributed by atoms with Crippen LogP contribution in [0, 0.1) is 6.92 Å². The number of carbonyl (C=O) groups excluding carboxylic acids is 2. The lowest BCUT2D eigenvalue weighted by atomic mass is 10.2. The van der Waals surface area contributed by atoms with Gasteiger partial charge < -0.3 is 14.1 Å². The number of hydrogen-bond acceptors (Lipinski definition) is 4. The van der Waals surface area contributed by atoms with Crippen molar-refractivity contribution in [2.45, 2.75) is 20.3 Å². The summed E-state index contributed by atoms with van der Waals surface area (Å²) in [6.07, 6.45) is 1.66. The summed E-state index contributed by atoms with van der Waals surface area (Å²) in [4.78, 5) is 24.5. The van der Waals surface area contributed by atoms with Gasteiger partial charge in [0.2, 0.25) is 0 Å². The molecular weight excluding hydrogens is 222 g/mol. The summed E-state index contributed by atoms with van der Waals surface area (Å²) in [5.74, 6) is -0.212. The van der Waals surface area contributed by atoms with Gasteiger partial charge in [0.25, 0.3) is 5.91 Å². The average Bonchev–Trinajstić information content (AvgIpc) is 2.71. The molecule has 0 fully saturated rings. The Morgan fingerprint density at radius 3 is 2.71 bits per heavy atom. The molecule has 0 N–H and O–H groups in total. The largest absolute Gasteiger partial charge is 0.466 e. The summed E-state index contributed by atoms with van der Waals surface area (Å²) < 4.78 is 9.88. The van der Waals surface area contributed by atoms with Gasteiger partial charge >= 0.3 is 5.97 Å². The molecule has 0 saturated carbocycles. The fourth-order valence-electron chi connectivity index (χ4n) is 1.36. The molecule has 0 atom stereocenters. The monoisotopic (exact) mass is 239 g/mol. The van der Waals surface area contributed by atoms with E-state index < -0.39 is 0 Å². The van der Waals surface area contributed by atoms with Crippen LogP contribution in [0.4, 0.5) is 0 Å². The number of furan rings is 1. The zero-order valence-corrected chi connectivity index (χ0v) is 10.4. The second-order valence-corrected chi connectivity index (χ2v) is 3.71. The molecule has 17 heavy (non-hydrogen) atoms. The van der Waals surface area contributed by atoms with Gasteiger partial charge in [0.05, 0.1) is 19.3 Å². The summed E-state index contributed by atoms with van der Waals surface area (Å²) >= 11 is 0. The first-order chi connectivity index (χ1) is 8.06. The maximum absolute atomic E-state index is 11.9. The van der Waals surface area contributed by atoms with Crippen molar-refractivity contribution < 1.29 is 18.7 Å². The van der Waals surface area contributed by atoms with E-state index in [-0.39, 0.29) is 18.3 Å². The van der Waals surface area contributed by atoms with Crippen LogP contribution in [-0.2, 0) is 9.53 Å². The van der Waals surface area contributed by atoms with Gasteiger partial charge in [-0.2, -0.15) is 0 Å². The van der Waals surface area contributed by atoms with E-state index in [4.69, 9.17) is 9.15 Å². The van der Waals surface area contributed by atoms with E-state index >= 15 is 0 Å². The predicted molar refractivity (Wildman–Crippen MR) is 61.7 cm³/mol. The number of hydrogen-bond donors (Lipinski definition) is 0. The van der Waals surface area contributed by atoms with Gasteiger partial charge in [-0.1, -0.05) is 0 Å². The standard InChI is InChI=1S/C12H17NO4/c1-4-16-10(14)5-7-13(3)12(15)11-9(2)6-8-17-11/h6,8H,4-5,7H2,1-3H3. The zero-order chi connectivity index (χ0) is 12.8. The molecule has 1 rings (SSSR count). The molecule has 0 spiro atoms. The fourth-order valence-corrected chi connectivity index (χ4v) is 1.36. The van der Waals surface area contributed by atoms with E-state index in [2.05, 4.69) is 0 Å².